The molecule has 1 amide bonds. The van der Waals surface area contributed by atoms with Crippen molar-refractivity contribution in [2.75, 3.05) is 5.32 Å². The van der Waals surface area contributed by atoms with Crippen LogP contribution in [-0.2, 0) is 11.3 Å². The Kier molecular flexibility index (Phi) is 4.73. The molecule has 0 aliphatic carbocycles. The van der Waals surface area contributed by atoms with Crippen molar-refractivity contribution in [3.05, 3.63) is 83.0 Å². The van der Waals surface area contributed by atoms with Crippen molar-refractivity contribution < 1.29 is 18.3 Å². The number of nitrogens with one attached hydrogen (secondary N) is 1. The number of anilines is 1. The zero-order valence-electron chi connectivity index (χ0n) is 14.8. The number of aromatic nitrogens is 4. The number of carbonyl (C=O) groups is 1. The summed E-state index contributed by atoms with van der Waals surface area (Å²) in [6, 6.07) is 11.4. The number of ether oxygens (including phenoxy) is 1. The Balaban J connectivity index is 1.60. The van der Waals surface area contributed by atoms with Gasteiger partial charge in [-0.25, -0.2) is 27.6 Å². The maximum atomic E-state index is 13.7. The maximum absolute atomic E-state index is 13.7. The van der Waals surface area contributed by atoms with Crippen LogP contribution >= 0.6 is 0 Å². The lowest BCUT2D eigenvalue weighted by Crippen LogP contribution is -2.28. The Hall–Kier alpha value is -4.08. The van der Waals surface area contributed by atoms with Gasteiger partial charge in [0.2, 0.25) is 11.6 Å². The molecule has 0 spiro atoms. The highest BCUT2D eigenvalue weighted by atomic mass is 19.1. The average molecular weight is 397 g/mol. The van der Waals surface area contributed by atoms with Gasteiger partial charge in [-0.1, -0.05) is 18.2 Å². The summed E-state index contributed by atoms with van der Waals surface area (Å²) < 4.78 is 34.6. The van der Waals surface area contributed by atoms with Gasteiger partial charge in [0.05, 0.1) is 5.69 Å². The molecular formula is C19H13F2N5O3. The Bertz CT molecular complexity index is 1250. The van der Waals surface area contributed by atoms with E-state index in [0.717, 1.165) is 22.9 Å². The van der Waals surface area contributed by atoms with Gasteiger partial charge < -0.3 is 10.1 Å². The third kappa shape index (κ3) is 3.81. The van der Waals surface area contributed by atoms with Gasteiger partial charge in [0.15, 0.2) is 0 Å². The molecule has 0 saturated carbocycles. The van der Waals surface area contributed by atoms with Gasteiger partial charge in [0.1, 0.15) is 23.9 Å². The lowest BCUT2D eigenvalue weighted by Gasteiger charge is -2.06. The number of amides is 1. The molecule has 0 bridgehead atoms. The molecule has 146 valence electrons. The largest absolute Gasteiger partial charge is 0.436 e. The molecule has 2 aromatic carbocycles. The minimum absolute atomic E-state index is 0.0751. The average Bonchev–Trinajstić information content (AvgIpc) is 3.02. The molecule has 0 saturated heterocycles. The van der Waals surface area contributed by atoms with E-state index in [-0.39, 0.29) is 17.2 Å². The second kappa shape index (κ2) is 7.50. The molecule has 1 N–H and O–H groups in total. The van der Waals surface area contributed by atoms with Gasteiger partial charge in [-0.15, -0.1) is 5.10 Å². The fourth-order valence-electron chi connectivity index (χ4n) is 2.62. The summed E-state index contributed by atoms with van der Waals surface area (Å²) in [5.41, 5.74) is -0.845. The number of rotatable bonds is 5. The molecule has 29 heavy (non-hydrogen) atoms. The van der Waals surface area contributed by atoms with Crippen LogP contribution in [0.5, 0.6) is 11.6 Å². The maximum Gasteiger partial charge on any atom is 0.351 e. The summed E-state index contributed by atoms with van der Waals surface area (Å²) in [6.45, 7) is -0.513. The molecular weight excluding hydrogens is 384 g/mol. The molecule has 10 heteroatoms. The van der Waals surface area contributed by atoms with Crippen molar-refractivity contribution >= 4 is 17.2 Å². The summed E-state index contributed by atoms with van der Waals surface area (Å²) in [5, 5.41) is 6.30. The van der Waals surface area contributed by atoms with E-state index in [0.29, 0.717) is 5.75 Å². The molecule has 4 aromatic rings. The van der Waals surface area contributed by atoms with Crippen LogP contribution in [0, 0.1) is 11.6 Å². The van der Waals surface area contributed by atoms with Crippen molar-refractivity contribution in [2.24, 2.45) is 0 Å². The van der Waals surface area contributed by atoms with Gasteiger partial charge in [-0.2, -0.15) is 0 Å². The number of para-hydroxylation sites is 1. The number of hydrogen-bond acceptors (Lipinski definition) is 5. The fraction of sp³-hybridized carbons (Fsp3) is 0.0526. The molecule has 0 fully saturated rings. The van der Waals surface area contributed by atoms with Crippen LogP contribution in [0.4, 0.5) is 14.5 Å². The van der Waals surface area contributed by atoms with Crippen molar-refractivity contribution in [1.29, 1.82) is 0 Å². The van der Waals surface area contributed by atoms with Crippen LogP contribution in [0.25, 0.3) is 5.65 Å². The van der Waals surface area contributed by atoms with Crippen molar-refractivity contribution in [3.63, 3.8) is 0 Å². The predicted octanol–water partition coefficient (Wildman–Crippen LogP) is 2.60. The Morgan fingerprint density at radius 3 is 2.72 bits per heavy atom. The van der Waals surface area contributed by atoms with E-state index in [2.05, 4.69) is 15.4 Å². The van der Waals surface area contributed by atoms with Crippen LogP contribution in [0.3, 0.4) is 0 Å². The lowest BCUT2D eigenvalue weighted by molar-refractivity contribution is -0.117. The van der Waals surface area contributed by atoms with Gasteiger partial charge in [-0.05, 0) is 24.3 Å². The Morgan fingerprint density at radius 1 is 1.14 bits per heavy atom. The molecule has 0 atom stereocenters. The first kappa shape index (κ1) is 18.3. The van der Waals surface area contributed by atoms with E-state index in [4.69, 9.17) is 4.74 Å². The SMILES string of the molecule is O=C(Cn1nc2c(Oc3ccccc3)nccn2c1=O)Nc1cc(F)ccc1F. The van der Waals surface area contributed by atoms with Crippen molar-refractivity contribution in [3.8, 4) is 11.6 Å². The number of hydrogen-bond donors (Lipinski definition) is 1. The number of carbonyl (C=O) groups excluding carboxylic acids is 1. The Labute approximate surface area is 162 Å². The van der Waals surface area contributed by atoms with Crippen LogP contribution in [-0.4, -0.2) is 25.1 Å². The summed E-state index contributed by atoms with van der Waals surface area (Å²) in [6.07, 6.45) is 2.74. The third-order valence-corrected chi connectivity index (χ3v) is 3.92. The third-order valence-electron chi connectivity index (χ3n) is 3.92. The first-order valence-corrected chi connectivity index (χ1v) is 8.43. The smallest absolute Gasteiger partial charge is 0.351 e. The normalized spacial score (nSPS) is 10.8. The van der Waals surface area contributed by atoms with E-state index >= 15 is 0 Å². The molecule has 2 aromatic heterocycles. The minimum Gasteiger partial charge on any atom is -0.436 e. The van der Waals surface area contributed by atoms with Gasteiger partial charge in [0, 0.05) is 18.5 Å². The monoisotopic (exact) mass is 397 g/mol. The van der Waals surface area contributed by atoms with E-state index in [1.54, 1.807) is 24.3 Å². The molecule has 2 heterocycles. The second-order valence-electron chi connectivity index (χ2n) is 5.95. The number of halogens is 2. The standard InChI is InChI=1S/C19H13F2N5O3/c20-12-6-7-14(21)15(10-12)23-16(27)11-26-19(28)25-9-8-22-18(17(25)24-26)29-13-4-2-1-3-5-13/h1-10H,11H2,(H,23,27). The first-order valence-electron chi connectivity index (χ1n) is 8.43. The van der Waals surface area contributed by atoms with Crippen molar-refractivity contribution in [2.45, 2.75) is 6.54 Å². The molecule has 0 aliphatic heterocycles. The number of fused-ring (bicyclic) bond motifs is 1. The zero-order chi connectivity index (χ0) is 20.4. The van der Waals surface area contributed by atoms with Gasteiger partial charge >= 0.3 is 5.69 Å². The zero-order valence-corrected chi connectivity index (χ0v) is 14.8. The lowest BCUT2D eigenvalue weighted by atomic mass is 10.3. The van der Waals surface area contributed by atoms with Gasteiger partial charge in [-0.3, -0.25) is 4.79 Å². The van der Waals surface area contributed by atoms with E-state index < -0.39 is 29.8 Å². The highest BCUT2D eigenvalue weighted by Crippen LogP contribution is 2.21. The second-order valence-corrected chi connectivity index (χ2v) is 5.95. The Morgan fingerprint density at radius 2 is 1.93 bits per heavy atom. The summed E-state index contributed by atoms with van der Waals surface area (Å²) in [5.74, 6) is -1.69. The molecule has 4 rings (SSSR count). The highest BCUT2D eigenvalue weighted by molar-refractivity contribution is 5.90. The van der Waals surface area contributed by atoms with E-state index in [1.165, 1.54) is 16.8 Å². The number of nitrogens with zero attached hydrogens (tertiary/aromatic N) is 4. The van der Waals surface area contributed by atoms with Gasteiger partial charge in [0.25, 0.3) is 5.88 Å². The van der Waals surface area contributed by atoms with E-state index in [1.807, 2.05) is 6.07 Å². The van der Waals surface area contributed by atoms with Crippen molar-refractivity contribution in [1.82, 2.24) is 19.2 Å². The minimum atomic E-state index is -0.801. The van der Waals surface area contributed by atoms with Crippen LogP contribution in [0.1, 0.15) is 0 Å². The predicted molar refractivity (Wildman–Crippen MR) is 98.8 cm³/mol. The van der Waals surface area contributed by atoms with Crippen LogP contribution in [0.15, 0.2) is 65.7 Å². The molecule has 0 aliphatic rings. The molecule has 0 unspecified atom stereocenters. The molecule has 0 radical (unpaired) electrons. The topological polar surface area (TPSA) is 90.5 Å². The fourth-order valence-corrected chi connectivity index (χ4v) is 2.62. The summed E-state index contributed by atoms with van der Waals surface area (Å²) in [4.78, 5) is 28.8. The highest BCUT2D eigenvalue weighted by Gasteiger charge is 2.16. The number of benzene rings is 2. The van der Waals surface area contributed by atoms with Crippen LogP contribution < -0.4 is 15.7 Å². The quantitative estimate of drug-likeness (QED) is 0.559. The summed E-state index contributed by atoms with van der Waals surface area (Å²) >= 11 is 0. The molecule has 8 nitrogen and oxygen atoms in total. The van der Waals surface area contributed by atoms with Crippen LogP contribution in [0.2, 0.25) is 0 Å². The summed E-state index contributed by atoms with van der Waals surface area (Å²) in [7, 11) is 0. The first-order chi connectivity index (χ1) is 14.0. The van der Waals surface area contributed by atoms with E-state index in [9.17, 15) is 18.4 Å².